The average Bonchev–Trinajstić information content (AvgIpc) is 1.98. The fraction of sp³-hybridized carbons (Fsp3) is 0.667. The van der Waals surface area contributed by atoms with Crippen molar-refractivity contribution in [2.75, 3.05) is 11.8 Å². The highest BCUT2D eigenvalue weighted by molar-refractivity contribution is 7.91. The van der Waals surface area contributed by atoms with Crippen LogP contribution in [-0.2, 0) is 19.4 Å². The molecule has 2 amide bonds. The van der Waals surface area contributed by atoms with Crippen LogP contribution in [-0.4, -0.2) is 32.0 Å². The Labute approximate surface area is 76.6 Å². The molecule has 0 fully saturated rings. The van der Waals surface area contributed by atoms with E-state index in [1.807, 2.05) is 0 Å². The molecular formula is C6H12N2O4S. The van der Waals surface area contributed by atoms with Crippen LogP contribution >= 0.6 is 0 Å². The number of carbonyl (C=O) groups excluding carboxylic acids is 2. The highest BCUT2D eigenvalue weighted by Crippen LogP contribution is 1.84. The maximum absolute atomic E-state index is 11.0. The van der Waals surface area contributed by atoms with Gasteiger partial charge in [0.2, 0.25) is 11.8 Å². The van der Waals surface area contributed by atoms with E-state index in [1.54, 1.807) is 0 Å². The standard InChI is InChI=1S/C6H12N2O4S/c1-5(9)7-3-13(11,12)4-8-6(2)10/h3-4H2,1-2H3,(H,7,9)(H,8,10). The molecule has 7 heteroatoms. The van der Waals surface area contributed by atoms with E-state index in [9.17, 15) is 18.0 Å². The second-order valence-electron chi connectivity index (χ2n) is 2.50. The minimum Gasteiger partial charge on any atom is -0.342 e. The van der Waals surface area contributed by atoms with Crippen LogP contribution < -0.4 is 10.6 Å². The first-order valence-corrected chi connectivity index (χ1v) is 5.35. The molecule has 0 atom stereocenters. The Bertz CT molecular complexity index is 272. The number of hydrogen-bond acceptors (Lipinski definition) is 4. The van der Waals surface area contributed by atoms with Crippen molar-refractivity contribution in [1.82, 2.24) is 10.6 Å². The summed E-state index contributed by atoms with van der Waals surface area (Å²) in [4.78, 5) is 20.7. The molecule has 0 saturated heterocycles. The van der Waals surface area contributed by atoms with Gasteiger partial charge in [0.05, 0.1) is 0 Å². The number of amides is 2. The molecule has 0 rings (SSSR count). The number of rotatable bonds is 4. The van der Waals surface area contributed by atoms with E-state index in [0.717, 1.165) is 0 Å². The van der Waals surface area contributed by atoms with Gasteiger partial charge in [-0.2, -0.15) is 0 Å². The van der Waals surface area contributed by atoms with E-state index < -0.39 is 33.4 Å². The highest BCUT2D eigenvalue weighted by atomic mass is 32.2. The average molecular weight is 208 g/mol. The van der Waals surface area contributed by atoms with Crippen LogP contribution in [0.1, 0.15) is 13.8 Å². The van der Waals surface area contributed by atoms with Crippen molar-refractivity contribution < 1.29 is 18.0 Å². The first kappa shape index (κ1) is 11.9. The largest absolute Gasteiger partial charge is 0.342 e. The maximum atomic E-state index is 11.0. The van der Waals surface area contributed by atoms with Crippen LogP contribution in [0.4, 0.5) is 0 Å². The summed E-state index contributed by atoms with van der Waals surface area (Å²) in [6.45, 7) is 2.43. The summed E-state index contributed by atoms with van der Waals surface area (Å²) >= 11 is 0. The molecule has 0 aliphatic carbocycles. The minimum absolute atomic E-state index is 0.425. The highest BCUT2D eigenvalue weighted by Gasteiger charge is 2.10. The van der Waals surface area contributed by atoms with Gasteiger partial charge in [-0.1, -0.05) is 0 Å². The lowest BCUT2D eigenvalue weighted by atomic mass is 10.7. The fourth-order valence-electron chi connectivity index (χ4n) is 0.474. The smallest absolute Gasteiger partial charge is 0.217 e. The Morgan fingerprint density at radius 1 is 1.00 bits per heavy atom. The van der Waals surface area contributed by atoms with Gasteiger partial charge < -0.3 is 10.6 Å². The van der Waals surface area contributed by atoms with E-state index in [1.165, 1.54) is 13.8 Å². The maximum Gasteiger partial charge on any atom is 0.217 e. The monoisotopic (exact) mass is 208 g/mol. The SMILES string of the molecule is CC(=O)NCS(=O)(=O)CNC(C)=O. The fourth-order valence-corrected chi connectivity index (χ4v) is 1.42. The van der Waals surface area contributed by atoms with E-state index in [0.29, 0.717) is 0 Å². The van der Waals surface area contributed by atoms with Crippen molar-refractivity contribution in [3.05, 3.63) is 0 Å². The molecule has 0 spiro atoms. The molecule has 0 aromatic rings. The number of nitrogens with one attached hydrogen (secondary N) is 2. The van der Waals surface area contributed by atoms with Crippen LogP contribution in [0, 0.1) is 0 Å². The third-order valence-corrected chi connectivity index (χ3v) is 2.25. The van der Waals surface area contributed by atoms with Gasteiger partial charge in [0, 0.05) is 13.8 Å². The first-order valence-electron chi connectivity index (χ1n) is 3.53. The zero-order chi connectivity index (χ0) is 10.5. The molecular weight excluding hydrogens is 196 g/mol. The summed E-state index contributed by atoms with van der Waals surface area (Å²) in [7, 11) is -3.44. The van der Waals surface area contributed by atoms with Gasteiger partial charge in [0.15, 0.2) is 9.84 Å². The normalized spacial score (nSPS) is 10.6. The Hall–Kier alpha value is -1.11. The topological polar surface area (TPSA) is 92.3 Å². The molecule has 6 nitrogen and oxygen atoms in total. The lowest BCUT2D eigenvalue weighted by Gasteiger charge is -2.04. The minimum atomic E-state index is -3.44. The predicted octanol–water partition coefficient (Wildman–Crippen LogP) is -1.41. The predicted molar refractivity (Wildman–Crippen MR) is 46.3 cm³/mol. The van der Waals surface area contributed by atoms with Crippen molar-refractivity contribution in [1.29, 1.82) is 0 Å². The molecule has 2 N–H and O–H groups in total. The van der Waals surface area contributed by atoms with Crippen LogP contribution in [0.5, 0.6) is 0 Å². The van der Waals surface area contributed by atoms with Crippen LogP contribution in [0.3, 0.4) is 0 Å². The second-order valence-corrected chi connectivity index (χ2v) is 4.56. The zero-order valence-electron chi connectivity index (χ0n) is 7.46. The number of carbonyl (C=O) groups is 2. The van der Waals surface area contributed by atoms with Gasteiger partial charge >= 0.3 is 0 Å². The Morgan fingerprint density at radius 2 is 1.31 bits per heavy atom. The summed E-state index contributed by atoms with van der Waals surface area (Å²) in [5, 5.41) is 4.26. The Morgan fingerprint density at radius 3 is 1.54 bits per heavy atom. The summed E-state index contributed by atoms with van der Waals surface area (Å²) in [5.74, 6) is -1.76. The van der Waals surface area contributed by atoms with Crippen LogP contribution in [0.25, 0.3) is 0 Å². The molecule has 0 saturated carbocycles. The Balaban J connectivity index is 3.95. The molecule has 0 aromatic carbocycles. The second kappa shape index (κ2) is 4.80. The molecule has 0 aliphatic heterocycles. The third kappa shape index (κ3) is 7.26. The van der Waals surface area contributed by atoms with Gasteiger partial charge in [-0.3, -0.25) is 9.59 Å². The van der Waals surface area contributed by atoms with Gasteiger partial charge in [-0.15, -0.1) is 0 Å². The zero-order valence-corrected chi connectivity index (χ0v) is 8.27. The molecule has 76 valence electrons. The van der Waals surface area contributed by atoms with Gasteiger partial charge in [-0.05, 0) is 0 Å². The molecule has 0 radical (unpaired) electrons. The number of hydrogen-bond donors (Lipinski definition) is 2. The van der Waals surface area contributed by atoms with Crippen molar-refractivity contribution in [2.45, 2.75) is 13.8 Å². The summed E-state index contributed by atoms with van der Waals surface area (Å²) in [5.41, 5.74) is 0. The summed E-state index contributed by atoms with van der Waals surface area (Å²) in [6, 6.07) is 0. The lowest BCUT2D eigenvalue weighted by molar-refractivity contribution is -0.119. The summed E-state index contributed by atoms with van der Waals surface area (Å²) < 4.78 is 22.0. The molecule has 0 aliphatic rings. The number of sulfone groups is 1. The van der Waals surface area contributed by atoms with Gasteiger partial charge in [0.1, 0.15) is 11.8 Å². The van der Waals surface area contributed by atoms with E-state index in [4.69, 9.17) is 0 Å². The van der Waals surface area contributed by atoms with E-state index in [2.05, 4.69) is 10.6 Å². The van der Waals surface area contributed by atoms with Crippen LogP contribution in [0.15, 0.2) is 0 Å². The van der Waals surface area contributed by atoms with Gasteiger partial charge in [0.25, 0.3) is 0 Å². The molecule has 13 heavy (non-hydrogen) atoms. The van der Waals surface area contributed by atoms with Crippen molar-refractivity contribution in [3.8, 4) is 0 Å². The first-order chi connectivity index (χ1) is 5.83. The molecule has 0 bridgehead atoms. The summed E-state index contributed by atoms with van der Waals surface area (Å²) in [6.07, 6.45) is 0. The molecule has 0 unspecified atom stereocenters. The van der Waals surface area contributed by atoms with Crippen molar-refractivity contribution in [3.63, 3.8) is 0 Å². The Kier molecular flexibility index (Phi) is 4.39. The lowest BCUT2D eigenvalue weighted by Crippen LogP contribution is -2.35. The third-order valence-electron chi connectivity index (χ3n) is 1.08. The van der Waals surface area contributed by atoms with Gasteiger partial charge in [-0.25, -0.2) is 8.42 Å². The molecule has 0 aromatic heterocycles. The van der Waals surface area contributed by atoms with Crippen LogP contribution in [0.2, 0.25) is 0 Å². The van der Waals surface area contributed by atoms with E-state index in [-0.39, 0.29) is 0 Å². The van der Waals surface area contributed by atoms with Crippen molar-refractivity contribution in [2.24, 2.45) is 0 Å². The van der Waals surface area contributed by atoms with Crippen molar-refractivity contribution >= 4 is 21.7 Å². The quantitative estimate of drug-likeness (QED) is 0.593. The molecule has 0 heterocycles. The van der Waals surface area contributed by atoms with E-state index >= 15 is 0 Å².